The number of nitrogens with zero attached hydrogens (tertiary/aromatic N) is 1. The number of aliphatic carboxylic acids is 1. The summed E-state index contributed by atoms with van der Waals surface area (Å²) in [5, 5.41) is 10.7. The van der Waals surface area contributed by atoms with Crippen molar-refractivity contribution >= 4 is 57.1 Å². The van der Waals surface area contributed by atoms with E-state index in [1.807, 2.05) is 0 Å². The Hall–Kier alpha value is -1.87. The van der Waals surface area contributed by atoms with E-state index >= 15 is 0 Å². The molecule has 0 spiro atoms. The zero-order valence-electron chi connectivity index (χ0n) is 12.7. The molecule has 1 aliphatic rings. The van der Waals surface area contributed by atoms with E-state index in [0.29, 0.717) is 5.69 Å². The molecule has 128 valence electrons. The van der Waals surface area contributed by atoms with E-state index in [-0.39, 0.29) is 24.0 Å². The molecule has 0 aromatic heterocycles. The van der Waals surface area contributed by atoms with Crippen LogP contribution in [0, 0.1) is 0 Å². The molecule has 2 unspecified atom stereocenters. The molecule has 1 heterocycles. The van der Waals surface area contributed by atoms with Crippen LogP contribution in [-0.4, -0.2) is 45.8 Å². The number of carboxylic acids is 1. The first-order chi connectivity index (χ1) is 11.3. The Kier molecular flexibility index (Phi) is 6.00. The van der Waals surface area contributed by atoms with Crippen molar-refractivity contribution in [1.29, 1.82) is 0 Å². The third-order valence-corrected chi connectivity index (χ3v) is 5.15. The molecule has 0 saturated carbocycles. The third kappa shape index (κ3) is 4.35. The van der Waals surface area contributed by atoms with E-state index in [1.54, 1.807) is 24.3 Å². The third-order valence-electron chi connectivity index (χ3n) is 3.33. The Morgan fingerprint density at radius 3 is 2.54 bits per heavy atom. The molecule has 1 saturated heterocycles. The van der Waals surface area contributed by atoms with Gasteiger partial charge in [0.05, 0.1) is 10.9 Å². The van der Waals surface area contributed by atoms with E-state index < -0.39 is 23.2 Å². The summed E-state index contributed by atoms with van der Waals surface area (Å²) in [7, 11) is 0. The van der Waals surface area contributed by atoms with E-state index in [4.69, 9.17) is 5.11 Å². The summed E-state index contributed by atoms with van der Waals surface area (Å²) in [4.78, 5) is 47.8. The maximum Gasteiger partial charge on any atom is 0.327 e. The van der Waals surface area contributed by atoms with Crippen molar-refractivity contribution in [3.8, 4) is 0 Å². The smallest absolute Gasteiger partial charge is 0.327 e. The fourth-order valence-corrected chi connectivity index (χ4v) is 3.65. The van der Waals surface area contributed by atoms with E-state index in [9.17, 15) is 19.2 Å². The Morgan fingerprint density at radius 2 is 2.00 bits per heavy atom. The van der Waals surface area contributed by atoms with Crippen LogP contribution in [0.5, 0.6) is 0 Å². The van der Waals surface area contributed by atoms with Crippen molar-refractivity contribution in [2.75, 3.05) is 10.7 Å². The van der Waals surface area contributed by atoms with Crippen LogP contribution in [-0.2, 0) is 19.2 Å². The summed E-state index contributed by atoms with van der Waals surface area (Å²) in [5.74, 6) is -2.34. The number of hydrogen-bond acceptors (Lipinski definition) is 5. The summed E-state index contributed by atoms with van der Waals surface area (Å²) >= 11 is 4.35. The number of hydrogen-bond donors (Lipinski definition) is 2. The highest BCUT2D eigenvalue weighted by Crippen LogP contribution is 2.30. The van der Waals surface area contributed by atoms with Crippen LogP contribution in [0.25, 0.3) is 0 Å². The fourth-order valence-electron chi connectivity index (χ4n) is 2.23. The minimum absolute atomic E-state index is 0.00593. The van der Waals surface area contributed by atoms with Crippen molar-refractivity contribution in [2.45, 2.75) is 24.6 Å². The van der Waals surface area contributed by atoms with Gasteiger partial charge >= 0.3 is 5.97 Å². The number of amides is 3. The monoisotopic (exact) mass is 414 g/mol. The first-order valence-electron chi connectivity index (χ1n) is 7.03. The van der Waals surface area contributed by atoms with Gasteiger partial charge in [0.1, 0.15) is 6.04 Å². The average Bonchev–Trinajstić information content (AvgIpc) is 2.78. The Balaban J connectivity index is 2.04. The fraction of sp³-hybridized carbons (Fsp3) is 0.333. The normalized spacial score (nSPS) is 18.6. The van der Waals surface area contributed by atoms with Crippen LogP contribution in [0.4, 0.5) is 5.69 Å². The van der Waals surface area contributed by atoms with Gasteiger partial charge in [-0.1, -0.05) is 15.9 Å². The number of rotatable bonds is 6. The SMILES string of the molecule is CC(=O)NC(CSC1CC(=O)N(c2ccc(Br)cc2)C1=O)C(=O)O. The largest absolute Gasteiger partial charge is 0.480 e. The molecule has 2 N–H and O–H groups in total. The number of carbonyl (C=O) groups excluding carboxylic acids is 3. The van der Waals surface area contributed by atoms with Gasteiger partial charge in [0, 0.05) is 23.6 Å². The highest BCUT2D eigenvalue weighted by atomic mass is 79.9. The van der Waals surface area contributed by atoms with Crippen molar-refractivity contribution in [3.05, 3.63) is 28.7 Å². The molecule has 7 nitrogen and oxygen atoms in total. The highest BCUT2D eigenvalue weighted by Gasteiger charge is 2.40. The quantitative estimate of drug-likeness (QED) is 0.681. The molecule has 1 aromatic carbocycles. The molecule has 24 heavy (non-hydrogen) atoms. The summed E-state index contributed by atoms with van der Waals surface area (Å²) in [6.45, 7) is 1.22. The van der Waals surface area contributed by atoms with E-state index in [0.717, 1.165) is 21.1 Å². The molecule has 2 rings (SSSR count). The first-order valence-corrected chi connectivity index (χ1v) is 8.87. The van der Waals surface area contributed by atoms with Gasteiger partial charge in [-0.15, -0.1) is 11.8 Å². The summed E-state index contributed by atoms with van der Waals surface area (Å²) in [6.07, 6.45) is 0.00593. The lowest BCUT2D eigenvalue weighted by molar-refractivity contribution is -0.140. The van der Waals surface area contributed by atoms with Crippen LogP contribution in [0.2, 0.25) is 0 Å². The number of benzene rings is 1. The molecular formula is C15H15BrN2O5S. The lowest BCUT2D eigenvalue weighted by atomic mass is 10.3. The predicted octanol–water partition coefficient (Wildman–Crippen LogP) is 1.40. The predicted molar refractivity (Wildman–Crippen MR) is 92.7 cm³/mol. The summed E-state index contributed by atoms with van der Waals surface area (Å²) in [6, 6.07) is 5.67. The van der Waals surface area contributed by atoms with Crippen molar-refractivity contribution < 1.29 is 24.3 Å². The Labute approximate surface area is 150 Å². The van der Waals surface area contributed by atoms with Crippen molar-refractivity contribution in [1.82, 2.24) is 5.32 Å². The standard InChI is InChI=1S/C15H15BrN2O5S/c1-8(19)17-11(15(22)23)7-24-12-6-13(20)18(14(12)21)10-4-2-9(16)3-5-10/h2-5,11-12H,6-7H2,1H3,(H,17,19)(H,22,23). The van der Waals surface area contributed by atoms with Gasteiger partial charge in [0.25, 0.3) is 0 Å². The second kappa shape index (κ2) is 7.80. The second-order valence-corrected chi connectivity index (χ2v) is 7.31. The van der Waals surface area contributed by atoms with Crippen LogP contribution >= 0.6 is 27.7 Å². The number of halogens is 1. The highest BCUT2D eigenvalue weighted by molar-refractivity contribution is 9.10. The van der Waals surface area contributed by atoms with E-state index in [1.165, 1.54) is 6.92 Å². The Morgan fingerprint density at radius 1 is 1.38 bits per heavy atom. The van der Waals surface area contributed by atoms with E-state index in [2.05, 4.69) is 21.2 Å². The lowest BCUT2D eigenvalue weighted by Crippen LogP contribution is -2.42. The maximum absolute atomic E-state index is 12.4. The zero-order chi connectivity index (χ0) is 17.9. The molecular weight excluding hydrogens is 400 g/mol. The van der Waals surface area contributed by atoms with Crippen molar-refractivity contribution in [3.63, 3.8) is 0 Å². The molecule has 2 atom stereocenters. The summed E-state index contributed by atoms with van der Waals surface area (Å²) in [5.41, 5.74) is 0.480. The maximum atomic E-state index is 12.4. The van der Waals surface area contributed by atoms with Crippen LogP contribution in [0.1, 0.15) is 13.3 Å². The molecule has 1 aromatic rings. The molecule has 1 aliphatic heterocycles. The number of thioether (sulfide) groups is 1. The van der Waals surface area contributed by atoms with Crippen LogP contribution in [0.3, 0.4) is 0 Å². The van der Waals surface area contributed by atoms with Crippen LogP contribution in [0.15, 0.2) is 28.7 Å². The molecule has 9 heteroatoms. The van der Waals surface area contributed by atoms with Gasteiger partial charge in [0.2, 0.25) is 17.7 Å². The number of carbonyl (C=O) groups is 4. The summed E-state index contributed by atoms with van der Waals surface area (Å²) < 4.78 is 0.830. The van der Waals surface area contributed by atoms with Crippen LogP contribution < -0.4 is 10.2 Å². The van der Waals surface area contributed by atoms with Gasteiger partial charge in [0.15, 0.2) is 0 Å². The zero-order valence-corrected chi connectivity index (χ0v) is 15.1. The molecule has 0 radical (unpaired) electrons. The minimum atomic E-state index is -1.18. The number of imide groups is 1. The Bertz CT molecular complexity index is 679. The van der Waals surface area contributed by atoms with Gasteiger partial charge in [-0.25, -0.2) is 9.69 Å². The lowest BCUT2D eigenvalue weighted by Gasteiger charge is -2.16. The van der Waals surface area contributed by atoms with Gasteiger partial charge in [-0.3, -0.25) is 14.4 Å². The van der Waals surface area contributed by atoms with Gasteiger partial charge in [-0.2, -0.15) is 0 Å². The average molecular weight is 415 g/mol. The molecule has 1 fully saturated rings. The minimum Gasteiger partial charge on any atom is -0.480 e. The topological polar surface area (TPSA) is 104 Å². The first kappa shape index (κ1) is 18.5. The number of anilines is 1. The van der Waals surface area contributed by atoms with Gasteiger partial charge in [-0.05, 0) is 24.3 Å². The van der Waals surface area contributed by atoms with Gasteiger partial charge < -0.3 is 10.4 Å². The molecule has 0 aliphatic carbocycles. The molecule has 0 bridgehead atoms. The number of nitrogens with one attached hydrogen (secondary N) is 1. The second-order valence-electron chi connectivity index (χ2n) is 5.16. The molecule has 3 amide bonds. The van der Waals surface area contributed by atoms with Crippen molar-refractivity contribution in [2.24, 2.45) is 0 Å². The number of carboxylic acid groups (broad SMARTS) is 1.